The minimum Gasteiger partial charge on any atom is -0.426 e. The van der Waals surface area contributed by atoms with E-state index in [1.807, 2.05) is 0 Å². The molecule has 0 saturated carbocycles. The van der Waals surface area contributed by atoms with Gasteiger partial charge in [-0.05, 0) is 24.3 Å². The van der Waals surface area contributed by atoms with E-state index in [2.05, 4.69) is 4.74 Å². The first-order chi connectivity index (χ1) is 6.93. The molecular formula is C9H6ClF3O2. The van der Waals surface area contributed by atoms with Gasteiger partial charge in [0.1, 0.15) is 11.6 Å². The number of hydrogen-bond donors (Lipinski definition) is 0. The number of alkyl halides is 4. The molecule has 1 aromatic carbocycles. The topological polar surface area (TPSA) is 26.3 Å². The molecule has 0 heterocycles. The molecule has 0 atom stereocenters. The second-order valence-corrected chi connectivity index (χ2v) is 2.90. The van der Waals surface area contributed by atoms with Crippen LogP contribution in [0.25, 0.3) is 0 Å². The van der Waals surface area contributed by atoms with Gasteiger partial charge in [-0.3, -0.25) is 4.79 Å². The standard InChI is InChI=1S/C9H6ClF3O2/c10-5-8(14)15-7-3-1-6(2-4-7)9(11,12)13/h1-4H,5H2. The summed E-state index contributed by atoms with van der Waals surface area (Å²) in [6, 6.07) is 3.79. The highest BCUT2D eigenvalue weighted by atomic mass is 35.5. The van der Waals surface area contributed by atoms with E-state index < -0.39 is 17.7 Å². The number of esters is 1. The molecule has 0 unspecified atom stereocenters. The number of carbonyl (C=O) groups excluding carboxylic acids is 1. The van der Waals surface area contributed by atoms with E-state index in [9.17, 15) is 18.0 Å². The summed E-state index contributed by atoms with van der Waals surface area (Å²) in [5, 5.41) is 0. The summed E-state index contributed by atoms with van der Waals surface area (Å²) in [5.74, 6) is -1.02. The molecule has 0 radical (unpaired) electrons. The van der Waals surface area contributed by atoms with E-state index >= 15 is 0 Å². The van der Waals surface area contributed by atoms with Crippen molar-refractivity contribution in [3.63, 3.8) is 0 Å². The lowest BCUT2D eigenvalue weighted by atomic mass is 10.2. The summed E-state index contributed by atoms with van der Waals surface area (Å²) in [7, 11) is 0. The Labute approximate surface area is 88.6 Å². The predicted octanol–water partition coefficient (Wildman–Crippen LogP) is 2.85. The van der Waals surface area contributed by atoms with Crippen LogP contribution in [0.1, 0.15) is 5.56 Å². The zero-order valence-electron chi connectivity index (χ0n) is 7.34. The Balaban J connectivity index is 2.77. The summed E-state index contributed by atoms with van der Waals surface area (Å²) in [4.78, 5) is 10.7. The van der Waals surface area contributed by atoms with Gasteiger partial charge in [0, 0.05) is 0 Å². The first-order valence-electron chi connectivity index (χ1n) is 3.87. The minimum absolute atomic E-state index is 0.0358. The van der Waals surface area contributed by atoms with Crippen LogP contribution in [0.5, 0.6) is 5.75 Å². The maximum absolute atomic E-state index is 12.1. The van der Waals surface area contributed by atoms with Gasteiger partial charge < -0.3 is 4.74 Å². The second-order valence-electron chi connectivity index (χ2n) is 2.63. The maximum atomic E-state index is 12.1. The van der Waals surface area contributed by atoms with Crippen LogP contribution in [0, 0.1) is 0 Å². The van der Waals surface area contributed by atoms with Crippen molar-refractivity contribution in [2.24, 2.45) is 0 Å². The third-order valence-electron chi connectivity index (χ3n) is 1.52. The molecule has 0 bridgehead atoms. The maximum Gasteiger partial charge on any atom is 0.416 e. The van der Waals surface area contributed by atoms with Crippen LogP contribution < -0.4 is 4.74 Å². The van der Waals surface area contributed by atoms with Gasteiger partial charge in [0.25, 0.3) is 0 Å². The molecule has 1 aromatic rings. The smallest absolute Gasteiger partial charge is 0.416 e. The third kappa shape index (κ3) is 3.43. The molecule has 0 aromatic heterocycles. The molecule has 0 N–H and O–H groups in total. The largest absolute Gasteiger partial charge is 0.426 e. The van der Waals surface area contributed by atoms with Crippen LogP contribution in [0.15, 0.2) is 24.3 Å². The lowest BCUT2D eigenvalue weighted by Crippen LogP contribution is -2.09. The molecule has 1 rings (SSSR count). The Hall–Kier alpha value is -1.23. The Kier molecular flexibility index (Phi) is 3.57. The van der Waals surface area contributed by atoms with Gasteiger partial charge in [-0.15, -0.1) is 11.6 Å². The quantitative estimate of drug-likeness (QED) is 0.450. The van der Waals surface area contributed by atoms with Crippen molar-refractivity contribution < 1.29 is 22.7 Å². The molecule has 0 fully saturated rings. The van der Waals surface area contributed by atoms with Gasteiger partial charge >= 0.3 is 12.1 Å². The first kappa shape index (κ1) is 11.8. The van der Waals surface area contributed by atoms with Crippen molar-refractivity contribution in [1.29, 1.82) is 0 Å². The average Bonchev–Trinajstić information content (AvgIpc) is 2.17. The number of halogens is 4. The van der Waals surface area contributed by atoms with Gasteiger partial charge in [-0.1, -0.05) is 0 Å². The van der Waals surface area contributed by atoms with Crippen LogP contribution >= 0.6 is 11.6 Å². The van der Waals surface area contributed by atoms with Crippen molar-refractivity contribution in [3.8, 4) is 5.75 Å². The molecular weight excluding hydrogens is 233 g/mol. The molecule has 0 amide bonds. The summed E-state index contributed by atoms with van der Waals surface area (Å²) in [5.41, 5.74) is -0.798. The number of carbonyl (C=O) groups is 1. The molecule has 82 valence electrons. The SMILES string of the molecule is O=C(CCl)Oc1ccc(C(F)(F)F)cc1. The molecule has 6 heteroatoms. The van der Waals surface area contributed by atoms with E-state index in [4.69, 9.17) is 11.6 Å². The Morgan fingerprint density at radius 3 is 2.20 bits per heavy atom. The van der Waals surface area contributed by atoms with Gasteiger partial charge in [0.05, 0.1) is 5.56 Å². The van der Waals surface area contributed by atoms with E-state index in [0.29, 0.717) is 0 Å². The number of benzene rings is 1. The molecule has 2 nitrogen and oxygen atoms in total. The van der Waals surface area contributed by atoms with Crippen molar-refractivity contribution in [1.82, 2.24) is 0 Å². The van der Waals surface area contributed by atoms with Gasteiger partial charge in [0.15, 0.2) is 0 Å². The minimum atomic E-state index is -4.39. The Bertz CT molecular complexity index is 345. The highest BCUT2D eigenvalue weighted by molar-refractivity contribution is 6.26. The lowest BCUT2D eigenvalue weighted by molar-refractivity contribution is -0.137. The Morgan fingerprint density at radius 2 is 1.80 bits per heavy atom. The van der Waals surface area contributed by atoms with Crippen molar-refractivity contribution in [3.05, 3.63) is 29.8 Å². The second kappa shape index (κ2) is 4.53. The van der Waals surface area contributed by atoms with Crippen LogP contribution in [-0.2, 0) is 11.0 Å². The van der Waals surface area contributed by atoms with Crippen LogP contribution in [0.3, 0.4) is 0 Å². The fourth-order valence-corrected chi connectivity index (χ4v) is 0.925. The Morgan fingerprint density at radius 1 is 1.27 bits per heavy atom. The van der Waals surface area contributed by atoms with Crippen molar-refractivity contribution in [2.45, 2.75) is 6.18 Å². The number of hydrogen-bond acceptors (Lipinski definition) is 2. The fraction of sp³-hybridized carbons (Fsp3) is 0.222. The van der Waals surface area contributed by atoms with E-state index in [1.165, 1.54) is 0 Å². The number of rotatable bonds is 2. The summed E-state index contributed by atoms with van der Waals surface area (Å²) >= 11 is 5.15. The summed E-state index contributed by atoms with van der Waals surface area (Å²) in [6.07, 6.45) is -4.39. The van der Waals surface area contributed by atoms with Gasteiger partial charge in [-0.25, -0.2) is 0 Å². The highest BCUT2D eigenvalue weighted by Gasteiger charge is 2.30. The van der Waals surface area contributed by atoms with Gasteiger partial charge in [-0.2, -0.15) is 13.2 Å². The van der Waals surface area contributed by atoms with E-state index in [0.717, 1.165) is 24.3 Å². The molecule has 0 aliphatic rings. The molecule has 0 saturated heterocycles. The van der Waals surface area contributed by atoms with Crippen molar-refractivity contribution in [2.75, 3.05) is 5.88 Å². The predicted molar refractivity (Wildman–Crippen MR) is 47.8 cm³/mol. The van der Waals surface area contributed by atoms with Crippen LogP contribution in [0.4, 0.5) is 13.2 Å². The highest BCUT2D eigenvalue weighted by Crippen LogP contribution is 2.30. The summed E-state index contributed by atoms with van der Waals surface area (Å²) in [6.45, 7) is 0. The fourth-order valence-electron chi connectivity index (χ4n) is 0.871. The third-order valence-corrected chi connectivity index (χ3v) is 1.74. The van der Waals surface area contributed by atoms with E-state index in [1.54, 1.807) is 0 Å². The lowest BCUT2D eigenvalue weighted by Gasteiger charge is -2.07. The van der Waals surface area contributed by atoms with Gasteiger partial charge in [0.2, 0.25) is 0 Å². The zero-order valence-corrected chi connectivity index (χ0v) is 8.10. The molecule has 0 aliphatic heterocycles. The molecule has 0 spiro atoms. The first-order valence-corrected chi connectivity index (χ1v) is 4.41. The van der Waals surface area contributed by atoms with Crippen molar-refractivity contribution >= 4 is 17.6 Å². The van der Waals surface area contributed by atoms with Crippen LogP contribution in [-0.4, -0.2) is 11.8 Å². The molecule has 15 heavy (non-hydrogen) atoms. The average molecular weight is 239 g/mol. The van der Waals surface area contributed by atoms with Crippen LogP contribution in [0.2, 0.25) is 0 Å². The molecule has 0 aliphatic carbocycles. The number of ether oxygens (including phenoxy) is 1. The zero-order chi connectivity index (χ0) is 11.5. The normalized spacial score (nSPS) is 11.2. The summed E-state index contributed by atoms with van der Waals surface area (Å²) < 4.78 is 41.0. The monoisotopic (exact) mass is 238 g/mol. The van der Waals surface area contributed by atoms with E-state index in [-0.39, 0.29) is 11.6 Å².